The van der Waals surface area contributed by atoms with Gasteiger partial charge in [0, 0.05) is 5.56 Å². The van der Waals surface area contributed by atoms with Crippen LogP contribution in [0, 0.1) is 5.82 Å². The Morgan fingerprint density at radius 2 is 1.67 bits per heavy atom. The van der Waals surface area contributed by atoms with E-state index in [2.05, 4.69) is 0 Å². The molecule has 0 atom stereocenters. The lowest BCUT2D eigenvalue weighted by atomic mass is 10.1. The summed E-state index contributed by atoms with van der Waals surface area (Å²) in [4.78, 5) is 0.169. The smallest absolute Gasteiger partial charge is 0.158 e. The van der Waals surface area contributed by atoms with Crippen LogP contribution in [0.4, 0.5) is 4.39 Å². The van der Waals surface area contributed by atoms with E-state index >= 15 is 0 Å². The fraction of sp³-hybridized carbons (Fsp3) is 0.133. The molecule has 0 aromatic heterocycles. The van der Waals surface area contributed by atoms with Crippen LogP contribution in [0.1, 0.15) is 16.7 Å². The van der Waals surface area contributed by atoms with Gasteiger partial charge in [0.25, 0.3) is 0 Å². The lowest BCUT2D eigenvalue weighted by Gasteiger charge is -2.09. The first-order valence-corrected chi connectivity index (χ1v) is 8.43. The molecular weight excluding hydrogens is 309 g/mol. The van der Waals surface area contributed by atoms with Crippen LogP contribution in [-0.2, 0) is 21.3 Å². The van der Waals surface area contributed by atoms with Crippen LogP contribution in [0.15, 0.2) is 48.5 Å². The molecular formula is C15H14FNO2S2. The molecule has 3 nitrogen and oxygen atoms in total. The van der Waals surface area contributed by atoms with E-state index in [9.17, 15) is 12.8 Å². The van der Waals surface area contributed by atoms with Crippen LogP contribution in [0.5, 0.6) is 0 Å². The molecule has 2 aromatic rings. The molecule has 6 heteroatoms. The number of benzene rings is 2. The lowest BCUT2D eigenvalue weighted by molar-refractivity contribution is 0.594. The molecule has 0 aliphatic heterocycles. The van der Waals surface area contributed by atoms with E-state index in [0.29, 0.717) is 16.7 Å². The van der Waals surface area contributed by atoms with Gasteiger partial charge in [0.15, 0.2) is 9.84 Å². The number of rotatable bonds is 5. The van der Waals surface area contributed by atoms with E-state index in [4.69, 9.17) is 18.0 Å². The zero-order valence-corrected chi connectivity index (χ0v) is 12.8. The van der Waals surface area contributed by atoms with E-state index < -0.39 is 15.7 Å². The summed E-state index contributed by atoms with van der Waals surface area (Å²) in [6.07, 6.45) is 0. The summed E-state index contributed by atoms with van der Waals surface area (Å²) < 4.78 is 37.3. The van der Waals surface area contributed by atoms with Gasteiger partial charge < -0.3 is 5.73 Å². The highest BCUT2D eigenvalue weighted by Gasteiger charge is 2.16. The van der Waals surface area contributed by atoms with Gasteiger partial charge in [0.05, 0.1) is 11.5 Å². The quantitative estimate of drug-likeness (QED) is 0.859. The molecule has 0 unspecified atom stereocenters. The summed E-state index contributed by atoms with van der Waals surface area (Å²) in [5.41, 5.74) is 7.28. The van der Waals surface area contributed by atoms with Crippen molar-refractivity contribution < 1.29 is 12.8 Å². The summed E-state index contributed by atoms with van der Waals surface area (Å²) in [7, 11) is -3.39. The van der Waals surface area contributed by atoms with Crippen LogP contribution < -0.4 is 5.73 Å². The minimum atomic E-state index is -3.39. The zero-order valence-electron chi connectivity index (χ0n) is 11.1. The normalized spacial score (nSPS) is 11.3. The van der Waals surface area contributed by atoms with Gasteiger partial charge in [-0.1, -0.05) is 48.6 Å². The SMILES string of the molecule is NC(=S)c1ccccc1CS(=O)(=O)Cc1ccc(F)cc1. The van der Waals surface area contributed by atoms with E-state index in [1.807, 2.05) is 0 Å². The second kappa shape index (κ2) is 6.32. The van der Waals surface area contributed by atoms with Gasteiger partial charge in [-0.15, -0.1) is 0 Å². The molecule has 21 heavy (non-hydrogen) atoms. The summed E-state index contributed by atoms with van der Waals surface area (Å²) in [5, 5.41) is 0. The first-order valence-electron chi connectivity index (χ1n) is 6.20. The molecule has 0 spiro atoms. The Morgan fingerprint density at radius 1 is 1.05 bits per heavy atom. The molecule has 0 heterocycles. The highest BCUT2D eigenvalue weighted by atomic mass is 32.2. The predicted octanol–water partition coefficient (Wildman–Crippen LogP) is 2.57. The Kier molecular flexibility index (Phi) is 4.69. The number of sulfone groups is 1. The Morgan fingerprint density at radius 3 is 2.29 bits per heavy atom. The van der Waals surface area contributed by atoms with Crippen LogP contribution in [0.2, 0.25) is 0 Å². The van der Waals surface area contributed by atoms with Crippen molar-refractivity contribution in [2.75, 3.05) is 0 Å². The molecule has 110 valence electrons. The van der Waals surface area contributed by atoms with Crippen molar-refractivity contribution in [1.29, 1.82) is 0 Å². The van der Waals surface area contributed by atoms with E-state index in [1.54, 1.807) is 24.3 Å². The number of thiocarbonyl (C=S) groups is 1. The number of halogens is 1. The molecule has 2 rings (SSSR count). The summed E-state index contributed by atoms with van der Waals surface area (Å²) in [6.45, 7) is 0. The Labute approximate surface area is 128 Å². The van der Waals surface area contributed by atoms with E-state index in [-0.39, 0.29) is 16.5 Å². The molecule has 0 saturated heterocycles. The average molecular weight is 323 g/mol. The summed E-state index contributed by atoms with van der Waals surface area (Å²) in [6, 6.07) is 12.3. The Balaban J connectivity index is 2.22. The van der Waals surface area contributed by atoms with Gasteiger partial charge in [0.2, 0.25) is 0 Å². The second-order valence-electron chi connectivity index (χ2n) is 4.68. The largest absolute Gasteiger partial charge is 0.389 e. The summed E-state index contributed by atoms with van der Waals surface area (Å²) >= 11 is 4.92. The van der Waals surface area contributed by atoms with Gasteiger partial charge >= 0.3 is 0 Å². The maximum absolute atomic E-state index is 12.8. The van der Waals surface area contributed by atoms with Crippen molar-refractivity contribution in [2.45, 2.75) is 11.5 Å². The van der Waals surface area contributed by atoms with Gasteiger partial charge in [-0.2, -0.15) is 0 Å². The maximum Gasteiger partial charge on any atom is 0.158 e. The standard InChI is InChI=1S/C15H14FNO2S2/c16-13-7-5-11(6-8-13)9-21(18,19)10-12-3-1-2-4-14(12)15(17)20/h1-8H,9-10H2,(H2,17,20). The van der Waals surface area contributed by atoms with Crippen molar-refractivity contribution in [3.05, 3.63) is 71.0 Å². The van der Waals surface area contributed by atoms with Crippen molar-refractivity contribution in [2.24, 2.45) is 5.73 Å². The van der Waals surface area contributed by atoms with Crippen molar-refractivity contribution in [3.63, 3.8) is 0 Å². The zero-order chi connectivity index (χ0) is 15.5. The first kappa shape index (κ1) is 15.6. The lowest BCUT2D eigenvalue weighted by Crippen LogP contribution is -2.15. The average Bonchev–Trinajstić information content (AvgIpc) is 2.41. The van der Waals surface area contributed by atoms with Crippen LogP contribution in [-0.4, -0.2) is 13.4 Å². The van der Waals surface area contributed by atoms with Gasteiger partial charge in [-0.25, -0.2) is 12.8 Å². The molecule has 2 N–H and O–H groups in total. The van der Waals surface area contributed by atoms with E-state index in [1.165, 1.54) is 24.3 Å². The third-order valence-electron chi connectivity index (χ3n) is 2.96. The molecule has 0 amide bonds. The highest BCUT2D eigenvalue weighted by Crippen LogP contribution is 2.16. The monoisotopic (exact) mass is 323 g/mol. The van der Waals surface area contributed by atoms with Gasteiger partial charge in [0.1, 0.15) is 10.8 Å². The predicted molar refractivity (Wildman–Crippen MR) is 85.1 cm³/mol. The first-order chi connectivity index (χ1) is 9.87. The molecule has 0 aliphatic rings. The fourth-order valence-electron chi connectivity index (χ4n) is 2.01. The van der Waals surface area contributed by atoms with Crippen molar-refractivity contribution in [1.82, 2.24) is 0 Å². The fourth-order valence-corrected chi connectivity index (χ4v) is 3.74. The Hall–Kier alpha value is -1.79. The Bertz CT molecular complexity index is 755. The van der Waals surface area contributed by atoms with Crippen LogP contribution >= 0.6 is 12.2 Å². The topological polar surface area (TPSA) is 60.2 Å². The van der Waals surface area contributed by atoms with Crippen molar-refractivity contribution >= 4 is 27.0 Å². The van der Waals surface area contributed by atoms with Crippen LogP contribution in [0.25, 0.3) is 0 Å². The molecule has 0 radical (unpaired) electrons. The van der Waals surface area contributed by atoms with Gasteiger partial charge in [-0.05, 0) is 23.3 Å². The molecule has 2 aromatic carbocycles. The second-order valence-corrected chi connectivity index (χ2v) is 7.18. The number of nitrogens with two attached hydrogens (primary N) is 1. The minimum Gasteiger partial charge on any atom is -0.389 e. The maximum atomic E-state index is 12.8. The van der Waals surface area contributed by atoms with Gasteiger partial charge in [-0.3, -0.25) is 0 Å². The number of hydrogen-bond donors (Lipinski definition) is 1. The van der Waals surface area contributed by atoms with E-state index in [0.717, 1.165) is 0 Å². The van der Waals surface area contributed by atoms with Crippen LogP contribution in [0.3, 0.4) is 0 Å². The molecule has 0 aliphatic carbocycles. The van der Waals surface area contributed by atoms with Crippen molar-refractivity contribution in [3.8, 4) is 0 Å². The minimum absolute atomic E-state index is 0.154. The molecule has 0 bridgehead atoms. The molecule has 0 fully saturated rings. The highest BCUT2D eigenvalue weighted by molar-refractivity contribution is 7.89. The number of hydrogen-bond acceptors (Lipinski definition) is 3. The summed E-state index contributed by atoms with van der Waals surface area (Å²) in [5.74, 6) is -0.702. The molecule has 0 saturated carbocycles. The third-order valence-corrected chi connectivity index (χ3v) is 4.70. The third kappa shape index (κ3) is 4.34.